The lowest BCUT2D eigenvalue weighted by molar-refractivity contribution is 0.0692. The third kappa shape index (κ3) is 4.24. The van der Waals surface area contributed by atoms with Crippen molar-refractivity contribution in [1.82, 2.24) is 14.7 Å². The number of nitrogens with zero attached hydrogens (tertiary/aromatic N) is 3. The van der Waals surface area contributed by atoms with Gasteiger partial charge in [-0.1, -0.05) is 18.6 Å². The normalized spacial score (nSPS) is 15.1. The predicted octanol–water partition coefficient (Wildman–Crippen LogP) is 2.36. The van der Waals surface area contributed by atoms with Gasteiger partial charge in [0.05, 0.1) is 0 Å². The van der Waals surface area contributed by atoms with Gasteiger partial charge in [-0.05, 0) is 43.6 Å². The van der Waals surface area contributed by atoms with Gasteiger partial charge in [-0.2, -0.15) is 5.10 Å². The highest BCUT2D eigenvalue weighted by molar-refractivity contribution is 6.09. The number of rotatable bonds is 5. The summed E-state index contributed by atoms with van der Waals surface area (Å²) in [5, 5.41) is 15.8. The van der Waals surface area contributed by atoms with Crippen LogP contribution in [0.4, 0.5) is 5.69 Å². The molecule has 1 aromatic heterocycles. The molecule has 0 atom stereocenters. The number of nitrogens with one attached hydrogen (secondary N) is 1. The van der Waals surface area contributed by atoms with E-state index in [-0.39, 0.29) is 11.3 Å². The zero-order valence-electron chi connectivity index (χ0n) is 14.2. The maximum atomic E-state index is 12.3. The van der Waals surface area contributed by atoms with Crippen molar-refractivity contribution in [1.29, 1.82) is 0 Å². The van der Waals surface area contributed by atoms with Crippen LogP contribution in [0, 0.1) is 0 Å². The van der Waals surface area contributed by atoms with Crippen LogP contribution in [0.25, 0.3) is 0 Å². The molecule has 0 unspecified atom stereocenters. The van der Waals surface area contributed by atoms with Crippen LogP contribution >= 0.6 is 0 Å². The first-order valence-electron chi connectivity index (χ1n) is 8.42. The summed E-state index contributed by atoms with van der Waals surface area (Å²) in [6.45, 7) is 3.18. The SMILES string of the molecule is Cn1cc(C(=O)O)c(C(=O)Nc2ccc(CN3CCCCC3)cc2)n1. The summed E-state index contributed by atoms with van der Waals surface area (Å²) < 4.78 is 1.32. The summed E-state index contributed by atoms with van der Waals surface area (Å²) in [6.07, 6.45) is 5.14. The van der Waals surface area contributed by atoms with Crippen molar-refractivity contribution in [2.24, 2.45) is 7.05 Å². The van der Waals surface area contributed by atoms with E-state index < -0.39 is 11.9 Å². The Kier molecular flexibility index (Phi) is 5.14. The molecule has 1 aliphatic rings. The van der Waals surface area contributed by atoms with Crippen molar-refractivity contribution in [3.05, 3.63) is 47.3 Å². The molecule has 7 nitrogen and oxygen atoms in total. The lowest BCUT2D eigenvalue weighted by Crippen LogP contribution is -2.29. The van der Waals surface area contributed by atoms with Crippen LogP contribution < -0.4 is 5.32 Å². The fraction of sp³-hybridized carbons (Fsp3) is 0.389. The quantitative estimate of drug-likeness (QED) is 0.871. The highest BCUT2D eigenvalue weighted by Gasteiger charge is 2.21. The van der Waals surface area contributed by atoms with E-state index in [0.717, 1.165) is 19.6 Å². The van der Waals surface area contributed by atoms with E-state index in [1.54, 1.807) is 7.05 Å². The number of likely N-dealkylation sites (tertiary alicyclic amines) is 1. The minimum atomic E-state index is -1.17. The summed E-state index contributed by atoms with van der Waals surface area (Å²) in [6, 6.07) is 7.64. The zero-order valence-corrected chi connectivity index (χ0v) is 14.2. The molecule has 1 amide bonds. The van der Waals surface area contributed by atoms with Gasteiger partial charge in [0, 0.05) is 25.5 Å². The first kappa shape index (κ1) is 17.2. The Morgan fingerprint density at radius 3 is 2.48 bits per heavy atom. The van der Waals surface area contributed by atoms with E-state index in [2.05, 4.69) is 15.3 Å². The van der Waals surface area contributed by atoms with E-state index in [1.807, 2.05) is 24.3 Å². The molecule has 2 N–H and O–H groups in total. The third-order valence-corrected chi connectivity index (χ3v) is 4.34. The summed E-state index contributed by atoms with van der Waals surface area (Å²) in [5.41, 5.74) is 1.62. The van der Waals surface area contributed by atoms with Crippen LogP contribution in [0.5, 0.6) is 0 Å². The number of carboxylic acid groups (broad SMARTS) is 1. The second-order valence-corrected chi connectivity index (χ2v) is 6.36. The van der Waals surface area contributed by atoms with Gasteiger partial charge in [0.25, 0.3) is 5.91 Å². The number of anilines is 1. The molecule has 1 saturated heterocycles. The largest absolute Gasteiger partial charge is 0.478 e. The molecule has 7 heteroatoms. The number of benzene rings is 1. The second-order valence-electron chi connectivity index (χ2n) is 6.36. The van der Waals surface area contributed by atoms with Crippen molar-refractivity contribution in [3.8, 4) is 0 Å². The molecule has 0 aliphatic carbocycles. The summed E-state index contributed by atoms with van der Waals surface area (Å²) in [7, 11) is 1.58. The Hall–Kier alpha value is -2.67. The maximum absolute atomic E-state index is 12.3. The Morgan fingerprint density at radius 1 is 1.16 bits per heavy atom. The number of carbonyl (C=O) groups excluding carboxylic acids is 1. The van der Waals surface area contributed by atoms with E-state index in [9.17, 15) is 9.59 Å². The molecule has 2 heterocycles. The Labute approximate surface area is 146 Å². The van der Waals surface area contributed by atoms with Crippen LogP contribution in [0.3, 0.4) is 0 Å². The second kappa shape index (κ2) is 7.48. The standard InChI is InChI=1S/C18H22N4O3/c1-21-12-15(18(24)25)16(20-21)17(23)19-14-7-5-13(6-8-14)11-22-9-3-2-4-10-22/h5-8,12H,2-4,9-11H2,1H3,(H,19,23)(H,24,25). The van der Waals surface area contributed by atoms with Gasteiger partial charge in [-0.3, -0.25) is 14.4 Å². The Balaban J connectivity index is 1.65. The maximum Gasteiger partial charge on any atom is 0.339 e. The first-order chi connectivity index (χ1) is 12.0. The van der Waals surface area contributed by atoms with Gasteiger partial charge >= 0.3 is 5.97 Å². The van der Waals surface area contributed by atoms with E-state index >= 15 is 0 Å². The molecule has 25 heavy (non-hydrogen) atoms. The van der Waals surface area contributed by atoms with Crippen LogP contribution in [-0.4, -0.2) is 44.8 Å². The first-order valence-corrected chi connectivity index (χ1v) is 8.42. The molecule has 1 aromatic carbocycles. The summed E-state index contributed by atoms with van der Waals surface area (Å²) in [5.74, 6) is -1.70. The lowest BCUT2D eigenvalue weighted by atomic mass is 10.1. The predicted molar refractivity (Wildman–Crippen MR) is 93.7 cm³/mol. The Bertz CT molecular complexity index is 761. The molecule has 2 aromatic rings. The van der Waals surface area contributed by atoms with Gasteiger partial charge in [0.15, 0.2) is 5.69 Å². The van der Waals surface area contributed by atoms with Crippen molar-refractivity contribution in [2.75, 3.05) is 18.4 Å². The van der Waals surface area contributed by atoms with E-state index in [1.165, 1.54) is 35.7 Å². The lowest BCUT2D eigenvalue weighted by Gasteiger charge is -2.26. The molecule has 1 aliphatic heterocycles. The number of carbonyl (C=O) groups is 2. The smallest absolute Gasteiger partial charge is 0.339 e. The number of carboxylic acids is 1. The summed E-state index contributed by atoms with van der Waals surface area (Å²) in [4.78, 5) is 25.9. The van der Waals surface area contributed by atoms with Gasteiger partial charge < -0.3 is 10.4 Å². The van der Waals surface area contributed by atoms with E-state index in [4.69, 9.17) is 5.11 Å². The number of hydrogen-bond acceptors (Lipinski definition) is 4. The van der Waals surface area contributed by atoms with Gasteiger partial charge in [-0.15, -0.1) is 0 Å². The molecule has 0 bridgehead atoms. The third-order valence-electron chi connectivity index (χ3n) is 4.34. The van der Waals surface area contributed by atoms with Crippen molar-refractivity contribution >= 4 is 17.6 Å². The zero-order chi connectivity index (χ0) is 17.8. The number of aromatic nitrogens is 2. The van der Waals surface area contributed by atoms with Crippen LogP contribution in [0.2, 0.25) is 0 Å². The molecule has 0 spiro atoms. The highest BCUT2D eigenvalue weighted by atomic mass is 16.4. The topological polar surface area (TPSA) is 87.5 Å². The fourth-order valence-electron chi connectivity index (χ4n) is 3.07. The van der Waals surface area contributed by atoms with Gasteiger partial charge in [0.1, 0.15) is 5.56 Å². The molecular formula is C18H22N4O3. The minimum absolute atomic E-state index is 0.0904. The highest BCUT2D eigenvalue weighted by Crippen LogP contribution is 2.16. The minimum Gasteiger partial charge on any atom is -0.478 e. The van der Waals surface area contributed by atoms with Crippen LogP contribution in [0.1, 0.15) is 45.7 Å². The van der Waals surface area contributed by atoms with E-state index in [0.29, 0.717) is 5.69 Å². The molecule has 3 rings (SSSR count). The average molecular weight is 342 g/mol. The van der Waals surface area contributed by atoms with Crippen molar-refractivity contribution in [3.63, 3.8) is 0 Å². The number of aryl methyl sites for hydroxylation is 1. The molecule has 0 radical (unpaired) electrons. The van der Waals surface area contributed by atoms with Gasteiger partial charge in [-0.25, -0.2) is 4.79 Å². The molecule has 132 valence electrons. The summed E-state index contributed by atoms with van der Waals surface area (Å²) >= 11 is 0. The molecular weight excluding hydrogens is 320 g/mol. The molecule has 1 fully saturated rings. The van der Waals surface area contributed by atoms with Gasteiger partial charge in [0.2, 0.25) is 0 Å². The van der Waals surface area contributed by atoms with Crippen LogP contribution in [-0.2, 0) is 13.6 Å². The number of aromatic carboxylic acids is 1. The van der Waals surface area contributed by atoms with Crippen LogP contribution in [0.15, 0.2) is 30.5 Å². The number of amides is 1. The molecule has 0 saturated carbocycles. The number of piperidine rings is 1. The fourth-order valence-corrected chi connectivity index (χ4v) is 3.07. The number of hydrogen-bond donors (Lipinski definition) is 2. The Morgan fingerprint density at radius 2 is 1.84 bits per heavy atom. The monoisotopic (exact) mass is 342 g/mol. The van der Waals surface area contributed by atoms with Crippen molar-refractivity contribution < 1.29 is 14.7 Å². The average Bonchev–Trinajstić information content (AvgIpc) is 3.00. The van der Waals surface area contributed by atoms with Crippen molar-refractivity contribution in [2.45, 2.75) is 25.8 Å².